The fraction of sp³-hybridized carbons (Fsp3) is 0.160. The third-order valence-corrected chi connectivity index (χ3v) is 6.30. The molecule has 4 aromatic rings. The number of anilines is 1. The van der Waals surface area contributed by atoms with Gasteiger partial charge in [0.15, 0.2) is 12.3 Å². The van der Waals surface area contributed by atoms with Gasteiger partial charge in [0.25, 0.3) is 5.91 Å². The van der Waals surface area contributed by atoms with Gasteiger partial charge in [0.2, 0.25) is 0 Å². The first kappa shape index (κ1) is 20.2. The van der Waals surface area contributed by atoms with Gasteiger partial charge in [0.1, 0.15) is 5.69 Å². The molecule has 0 atom stereocenters. The summed E-state index contributed by atoms with van der Waals surface area (Å²) in [4.78, 5) is 26.2. The maximum atomic E-state index is 12.9. The number of nitrogens with zero attached hydrogens (tertiary/aromatic N) is 2. The molecule has 160 valence electrons. The van der Waals surface area contributed by atoms with Crippen LogP contribution in [0.1, 0.15) is 28.0 Å². The lowest BCUT2D eigenvalue weighted by molar-refractivity contribution is -0.119. The third kappa shape index (κ3) is 4.20. The zero-order chi connectivity index (χ0) is 21.9. The summed E-state index contributed by atoms with van der Waals surface area (Å²) in [6.07, 6.45) is 3.26. The fourth-order valence-corrected chi connectivity index (χ4v) is 4.57. The molecule has 5 rings (SSSR count). The Hall–Kier alpha value is -3.71. The van der Waals surface area contributed by atoms with E-state index in [-0.39, 0.29) is 18.2 Å². The number of benzene rings is 2. The van der Waals surface area contributed by atoms with Crippen molar-refractivity contribution in [1.82, 2.24) is 9.78 Å². The van der Waals surface area contributed by atoms with Gasteiger partial charge in [-0.15, -0.1) is 11.3 Å². The van der Waals surface area contributed by atoms with Gasteiger partial charge < -0.3 is 10.1 Å². The summed E-state index contributed by atoms with van der Waals surface area (Å²) in [6, 6.07) is 20.9. The van der Waals surface area contributed by atoms with E-state index < -0.39 is 5.97 Å². The highest BCUT2D eigenvalue weighted by atomic mass is 32.1. The van der Waals surface area contributed by atoms with E-state index in [1.54, 1.807) is 22.1 Å². The van der Waals surface area contributed by atoms with Crippen LogP contribution in [0.5, 0.6) is 0 Å². The molecule has 2 aromatic heterocycles. The minimum absolute atomic E-state index is 0.268. The standard InChI is InChI=1S/C25H21N3O3S/c29-24(26-19-12-11-17-6-4-7-18(17)14-19)16-31-25(30)22-15-21(23-10-5-13-32-23)27-28(22)20-8-2-1-3-9-20/h1-3,5,8-15H,4,6-7,16H2,(H,26,29). The van der Waals surface area contributed by atoms with E-state index in [0.29, 0.717) is 5.69 Å². The van der Waals surface area contributed by atoms with Gasteiger partial charge in [-0.05, 0) is 66.1 Å². The van der Waals surface area contributed by atoms with E-state index in [4.69, 9.17) is 4.74 Å². The molecule has 0 fully saturated rings. The normalized spacial score (nSPS) is 12.4. The molecule has 7 heteroatoms. The lowest BCUT2D eigenvalue weighted by Gasteiger charge is -2.09. The maximum Gasteiger partial charge on any atom is 0.357 e. The first-order valence-corrected chi connectivity index (χ1v) is 11.3. The predicted octanol–water partition coefficient (Wildman–Crippen LogP) is 4.89. The van der Waals surface area contributed by atoms with Crippen LogP contribution in [-0.4, -0.2) is 28.3 Å². The van der Waals surface area contributed by atoms with Crippen molar-refractivity contribution in [1.29, 1.82) is 0 Å². The summed E-state index contributed by atoms with van der Waals surface area (Å²) in [5.74, 6) is -0.978. The minimum atomic E-state index is -0.603. The second-order valence-electron chi connectivity index (χ2n) is 7.60. The van der Waals surface area contributed by atoms with Crippen LogP contribution in [-0.2, 0) is 22.4 Å². The van der Waals surface area contributed by atoms with Gasteiger partial charge in [0.05, 0.1) is 10.6 Å². The van der Waals surface area contributed by atoms with Crippen molar-refractivity contribution in [3.8, 4) is 16.3 Å². The summed E-state index contributed by atoms with van der Waals surface area (Å²) in [6.45, 7) is -0.371. The quantitative estimate of drug-likeness (QED) is 0.431. The van der Waals surface area contributed by atoms with Crippen molar-refractivity contribution in [2.75, 3.05) is 11.9 Å². The van der Waals surface area contributed by atoms with Crippen molar-refractivity contribution < 1.29 is 14.3 Å². The topological polar surface area (TPSA) is 73.2 Å². The number of para-hydroxylation sites is 1. The molecule has 6 nitrogen and oxygen atoms in total. The zero-order valence-electron chi connectivity index (χ0n) is 17.3. The second-order valence-corrected chi connectivity index (χ2v) is 8.55. The van der Waals surface area contributed by atoms with Crippen LogP contribution in [0.25, 0.3) is 16.3 Å². The number of carbonyl (C=O) groups is 2. The van der Waals surface area contributed by atoms with Crippen molar-refractivity contribution in [2.24, 2.45) is 0 Å². The van der Waals surface area contributed by atoms with Crippen LogP contribution in [0.2, 0.25) is 0 Å². The molecule has 1 aliphatic carbocycles. The molecular formula is C25H21N3O3S. The van der Waals surface area contributed by atoms with Crippen LogP contribution < -0.4 is 5.32 Å². The summed E-state index contributed by atoms with van der Waals surface area (Å²) >= 11 is 1.54. The van der Waals surface area contributed by atoms with Crippen LogP contribution >= 0.6 is 11.3 Å². The number of thiophene rings is 1. The Balaban J connectivity index is 1.31. The van der Waals surface area contributed by atoms with E-state index in [1.807, 2.05) is 60.0 Å². The number of rotatable bonds is 6. The number of esters is 1. The molecule has 0 saturated heterocycles. The predicted molar refractivity (Wildman–Crippen MR) is 124 cm³/mol. The molecular weight excluding hydrogens is 422 g/mol. The Morgan fingerprint density at radius 1 is 1.00 bits per heavy atom. The molecule has 1 amide bonds. The number of nitrogens with one attached hydrogen (secondary N) is 1. The summed E-state index contributed by atoms with van der Waals surface area (Å²) in [5, 5.41) is 9.37. The van der Waals surface area contributed by atoms with Crippen molar-refractivity contribution in [2.45, 2.75) is 19.3 Å². The van der Waals surface area contributed by atoms with Crippen LogP contribution in [0.4, 0.5) is 5.69 Å². The molecule has 0 radical (unpaired) electrons. The molecule has 32 heavy (non-hydrogen) atoms. The number of carbonyl (C=O) groups excluding carboxylic acids is 2. The average molecular weight is 444 g/mol. The highest BCUT2D eigenvalue weighted by Gasteiger charge is 2.20. The molecule has 0 unspecified atom stereocenters. The van der Waals surface area contributed by atoms with Crippen molar-refractivity contribution in [3.63, 3.8) is 0 Å². The number of aromatic nitrogens is 2. The summed E-state index contributed by atoms with van der Waals surface area (Å²) < 4.78 is 6.89. The highest BCUT2D eigenvalue weighted by Crippen LogP contribution is 2.27. The molecule has 0 saturated carbocycles. The Labute approximate surface area is 189 Å². The number of aryl methyl sites for hydroxylation is 2. The van der Waals surface area contributed by atoms with Crippen LogP contribution in [0, 0.1) is 0 Å². The molecule has 1 N–H and O–H groups in total. The van der Waals surface area contributed by atoms with Crippen molar-refractivity contribution >= 4 is 28.9 Å². The number of hydrogen-bond acceptors (Lipinski definition) is 5. The van der Waals surface area contributed by atoms with Crippen LogP contribution in [0.3, 0.4) is 0 Å². The molecule has 2 heterocycles. The lowest BCUT2D eigenvalue weighted by atomic mass is 10.1. The monoisotopic (exact) mass is 443 g/mol. The highest BCUT2D eigenvalue weighted by molar-refractivity contribution is 7.13. The third-order valence-electron chi connectivity index (χ3n) is 5.41. The second kappa shape index (κ2) is 8.80. The SMILES string of the molecule is O=C(COC(=O)c1cc(-c2cccs2)nn1-c1ccccc1)Nc1ccc2c(c1)CCC2. The molecule has 2 aromatic carbocycles. The zero-order valence-corrected chi connectivity index (χ0v) is 18.1. The molecule has 1 aliphatic rings. The Bertz CT molecular complexity index is 1260. The summed E-state index contributed by atoms with van der Waals surface area (Å²) in [7, 11) is 0. The van der Waals surface area contributed by atoms with Gasteiger partial charge in [-0.2, -0.15) is 5.10 Å². The van der Waals surface area contributed by atoms with Gasteiger partial charge in [-0.3, -0.25) is 4.79 Å². The minimum Gasteiger partial charge on any atom is -0.451 e. The molecule has 0 spiro atoms. The average Bonchev–Trinajstić information content (AvgIpc) is 3.58. The van der Waals surface area contributed by atoms with Gasteiger partial charge in [0, 0.05) is 11.8 Å². The Morgan fingerprint density at radius 3 is 2.66 bits per heavy atom. The van der Waals surface area contributed by atoms with E-state index in [0.717, 1.165) is 35.5 Å². The Kier molecular flexibility index (Phi) is 5.56. The fourth-order valence-electron chi connectivity index (χ4n) is 3.89. The first-order valence-electron chi connectivity index (χ1n) is 10.5. The van der Waals surface area contributed by atoms with E-state index in [1.165, 1.54) is 11.1 Å². The van der Waals surface area contributed by atoms with Gasteiger partial charge in [-0.25, -0.2) is 9.48 Å². The van der Waals surface area contributed by atoms with Crippen molar-refractivity contribution in [3.05, 3.63) is 88.9 Å². The number of fused-ring (bicyclic) bond motifs is 1. The smallest absolute Gasteiger partial charge is 0.357 e. The Morgan fingerprint density at radius 2 is 1.84 bits per heavy atom. The van der Waals surface area contributed by atoms with E-state index in [9.17, 15) is 9.59 Å². The van der Waals surface area contributed by atoms with Crippen LogP contribution in [0.15, 0.2) is 72.1 Å². The van der Waals surface area contributed by atoms with Gasteiger partial charge >= 0.3 is 5.97 Å². The van der Waals surface area contributed by atoms with E-state index in [2.05, 4.69) is 16.5 Å². The largest absolute Gasteiger partial charge is 0.451 e. The maximum absolute atomic E-state index is 12.9. The molecule has 0 bridgehead atoms. The number of ether oxygens (including phenoxy) is 1. The lowest BCUT2D eigenvalue weighted by Crippen LogP contribution is -2.22. The van der Waals surface area contributed by atoms with Gasteiger partial charge in [-0.1, -0.05) is 30.3 Å². The van der Waals surface area contributed by atoms with E-state index >= 15 is 0 Å². The summed E-state index contributed by atoms with van der Waals surface area (Å²) in [5.41, 5.74) is 5.02. The molecule has 0 aliphatic heterocycles. The first-order chi connectivity index (χ1) is 15.7. The number of hydrogen-bond donors (Lipinski definition) is 1. The number of amides is 1.